The topological polar surface area (TPSA) is 38.0 Å². The van der Waals surface area contributed by atoms with Gasteiger partial charge in [-0.25, -0.2) is 0 Å². The minimum absolute atomic E-state index is 0.123. The number of nitrogens with two attached hydrogens (primary N) is 1. The van der Waals surface area contributed by atoms with Crippen LogP contribution in [-0.2, 0) is 0 Å². The molecule has 1 aromatic carbocycles. The molecule has 0 aromatic heterocycles. The summed E-state index contributed by atoms with van der Waals surface area (Å²) in [6.45, 7) is -0.914. The molecule has 0 heterocycles. The predicted octanol–water partition coefficient (Wildman–Crippen LogP) is 2.60. The number of alkyl halides is 3. The van der Waals surface area contributed by atoms with Crippen LogP contribution in [0.15, 0.2) is 28.7 Å². The standard InChI is InChI=1S/C10H12BrF3N2/c11-8-3-1-7(2-4-8)9(5-15)16-6-10(12,13)14/h1-4,9,16H,5-6,15H2. The van der Waals surface area contributed by atoms with Gasteiger partial charge in [-0.1, -0.05) is 28.1 Å². The first-order valence-corrected chi connectivity index (χ1v) is 5.47. The van der Waals surface area contributed by atoms with Gasteiger partial charge in [0.05, 0.1) is 6.54 Å². The van der Waals surface area contributed by atoms with E-state index in [1.165, 1.54) is 0 Å². The van der Waals surface area contributed by atoms with Crippen molar-refractivity contribution in [1.82, 2.24) is 5.32 Å². The number of hydrogen-bond acceptors (Lipinski definition) is 2. The molecule has 0 bridgehead atoms. The van der Waals surface area contributed by atoms with Gasteiger partial charge in [0.1, 0.15) is 0 Å². The normalized spacial score (nSPS) is 13.8. The zero-order valence-electron chi connectivity index (χ0n) is 8.39. The van der Waals surface area contributed by atoms with Crippen molar-refractivity contribution in [2.24, 2.45) is 5.73 Å². The molecule has 0 saturated carbocycles. The molecule has 0 spiro atoms. The van der Waals surface area contributed by atoms with Gasteiger partial charge in [0, 0.05) is 17.1 Å². The fraction of sp³-hybridized carbons (Fsp3) is 0.400. The summed E-state index contributed by atoms with van der Waals surface area (Å²) in [6, 6.07) is 6.55. The summed E-state index contributed by atoms with van der Waals surface area (Å²) in [5, 5.41) is 2.38. The molecule has 0 saturated heterocycles. The lowest BCUT2D eigenvalue weighted by atomic mass is 10.1. The van der Waals surface area contributed by atoms with Gasteiger partial charge in [-0.15, -0.1) is 0 Å². The van der Waals surface area contributed by atoms with Crippen molar-refractivity contribution in [3.8, 4) is 0 Å². The SMILES string of the molecule is NCC(NCC(F)(F)F)c1ccc(Br)cc1. The monoisotopic (exact) mass is 296 g/mol. The Labute approximate surface area is 100 Å². The van der Waals surface area contributed by atoms with Crippen molar-refractivity contribution in [3.05, 3.63) is 34.3 Å². The Morgan fingerprint density at radius 2 is 1.81 bits per heavy atom. The van der Waals surface area contributed by atoms with E-state index in [2.05, 4.69) is 21.2 Å². The third kappa shape index (κ3) is 4.51. The average Bonchev–Trinajstić information content (AvgIpc) is 2.20. The van der Waals surface area contributed by atoms with E-state index in [9.17, 15) is 13.2 Å². The second kappa shape index (κ2) is 5.65. The summed E-state index contributed by atoms with van der Waals surface area (Å²) in [6.07, 6.45) is -4.22. The molecule has 0 aliphatic carbocycles. The number of hydrogen-bond donors (Lipinski definition) is 2. The van der Waals surface area contributed by atoms with Gasteiger partial charge in [0.25, 0.3) is 0 Å². The number of rotatable bonds is 4. The molecule has 2 nitrogen and oxygen atoms in total. The summed E-state index contributed by atoms with van der Waals surface area (Å²) in [5.41, 5.74) is 6.18. The average molecular weight is 297 g/mol. The van der Waals surface area contributed by atoms with Crippen molar-refractivity contribution >= 4 is 15.9 Å². The van der Waals surface area contributed by atoms with Gasteiger partial charge in [-0.3, -0.25) is 0 Å². The third-order valence-electron chi connectivity index (χ3n) is 2.06. The molecular formula is C10H12BrF3N2. The molecular weight excluding hydrogens is 285 g/mol. The molecule has 1 rings (SSSR count). The van der Waals surface area contributed by atoms with E-state index >= 15 is 0 Å². The first kappa shape index (κ1) is 13.5. The van der Waals surface area contributed by atoms with Crippen molar-refractivity contribution in [2.75, 3.05) is 13.1 Å². The minimum Gasteiger partial charge on any atom is -0.329 e. The highest BCUT2D eigenvalue weighted by molar-refractivity contribution is 9.10. The van der Waals surface area contributed by atoms with Crippen LogP contribution in [0, 0.1) is 0 Å². The van der Waals surface area contributed by atoms with Crippen LogP contribution in [0.1, 0.15) is 11.6 Å². The molecule has 16 heavy (non-hydrogen) atoms. The number of halogens is 4. The highest BCUT2D eigenvalue weighted by Gasteiger charge is 2.28. The predicted molar refractivity (Wildman–Crippen MR) is 60.0 cm³/mol. The Hall–Kier alpha value is -0.590. The van der Waals surface area contributed by atoms with Gasteiger partial charge in [0.2, 0.25) is 0 Å². The maximum absolute atomic E-state index is 12.0. The molecule has 90 valence electrons. The highest BCUT2D eigenvalue weighted by atomic mass is 79.9. The fourth-order valence-corrected chi connectivity index (χ4v) is 1.54. The van der Waals surface area contributed by atoms with E-state index in [1.54, 1.807) is 24.3 Å². The Bertz CT molecular complexity index is 324. The molecule has 1 unspecified atom stereocenters. The van der Waals surface area contributed by atoms with Gasteiger partial charge in [-0.05, 0) is 17.7 Å². The minimum atomic E-state index is -4.22. The summed E-state index contributed by atoms with van der Waals surface area (Å²) in [4.78, 5) is 0. The van der Waals surface area contributed by atoms with E-state index in [4.69, 9.17) is 5.73 Å². The van der Waals surface area contributed by atoms with E-state index in [0.717, 1.165) is 10.0 Å². The molecule has 0 aliphatic heterocycles. The third-order valence-corrected chi connectivity index (χ3v) is 2.59. The lowest BCUT2D eigenvalue weighted by Gasteiger charge is -2.18. The Balaban J connectivity index is 2.64. The first-order chi connectivity index (χ1) is 7.42. The van der Waals surface area contributed by atoms with E-state index < -0.39 is 18.8 Å². The molecule has 1 aromatic rings. The first-order valence-electron chi connectivity index (χ1n) is 4.68. The van der Waals surface area contributed by atoms with Crippen LogP contribution in [0.3, 0.4) is 0 Å². The second-order valence-corrected chi connectivity index (χ2v) is 4.25. The molecule has 6 heteroatoms. The van der Waals surface area contributed by atoms with Crippen molar-refractivity contribution in [1.29, 1.82) is 0 Å². The van der Waals surface area contributed by atoms with E-state index in [0.29, 0.717) is 0 Å². The van der Waals surface area contributed by atoms with Crippen LogP contribution < -0.4 is 11.1 Å². The zero-order chi connectivity index (χ0) is 12.2. The quantitative estimate of drug-likeness (QED) is 0.896. The van der Waals surface area contributed by atoms with Crippen LogP contribution >= 0.6 is 15.9 Å². The maximum atomic E-state index is 12.0. The molecule has 0 radical (unpaired) electrons. The van der Waals surface area contributed by atoms with Gasteiger partial charge in [0.15, 0.2) is 0 Å². The van der Waals surface area contributed by atoms with Crippen LogP contribution in [0.4, 0.5) is 13.2 Å². The van der Waals surface area contributed by atoms with Gasteiger partial charge < -0.3 is 11.1 Å². The maximum Gasteiger partial charge on any atom is 0.401 e. The lowest BCUT2D eigenvalue weighted by molar-refractivity contribution is -0.126. The van der Waals surface area contributed by atoms with Crippen molar-refractivity contribution < 1.29 is 13.2 Å². The smallest absolute Gasteiger partial charge is 0.329 e. The number of benzene rings is 1. The fourth-order valence-electron chi connectivity index (χ4n) is 1.27. The van der Waals surface area contributed by atoms with Crippen LogP contribution in [0.25, 0.3) is 0 Å². The second-order valence-electron chi connectivity index (χ2n) is 3.34. The largest absolute Gasteiger partial charge is 0.401 e. The van der Waals surface area contributed by atoms with E-state index in [-0.39, 0.29) is 6.54 Å². The summed E-state index contributed by atoms with van der Waals surface area (Å²) >= 11 is 3.26. The van der Waals surface area contributed by atoms with Crippen LogP contribution in [0.5, 0.6) is 0 Å². The number of nitrogens with one attached hydrogen (secondary N) is 1. The van der Waals surface area contributed by atoms with Crippen LogP contribution in [0.2, 0.25) is 0 Å². The van der Waals surface area contributed by atoms with Gasteiger partial charge >= 0.3 is 6.18 Å². The van der Waals surface area contributed by atoms with Crippen LogP contribution in [-0.4, -0.2) is 19.3 Å². The van der Waals surface area contributed by atoms with Crippen molar-refractivity contribution in [3.63, 3.8) is 0 Å². The summed E-state index contributed by atoms with van der Waals surface area (Å²) < 4.78 is 36.9. The molecule has 0 amide bonds. The highest BCUT2D eigenvalue weighted by Crippen LogP contribution is 2.18. The molecule has 0 aliphatic rings. The molecule has 1 atom stereocenters. The molecule has 3 N–H and O–H groups in total. The lowest BCUT2D eigenvalue weighted by Crippen LogP contribution is -2.35. The zero-order valence-corrected chi connectivity index (χ0v) is 9.98. The Morgan fingerprint density at radius 1 is 1.25 bits per heavy atom. The molecule has 0 fully saturated rings. The Morgan fingerprint density at radius 3 is 2.25 bits per heavy atom. The van der Waals surface area contributed by atoms with E-state index in [1.807, 2.05) is 0 Å². The van der Waals surface area contributed by atoms with Crippen molar-refractivity contribution in [2.45, 2.75) is 12.2 Å². The summed E-state index contributed by atoms with van der Waals surface area (Å²) in [7, 11) is 0. The Kier molecular flexibility index (Phi) is 4.76. The summed E-state index contributed by atoms with van der Waals surface area (Å²) in [5.74, 6) is 0. The van der Waals surface area contributed by atoms with Gasteiger partial charge in [-0.2, -0.15) is 13.2 Å².